The number of aliphatic hydroxyl groups excluding tert-OH is 1. The van der Waals surface area contributed by atoms with Crippen molar-refractivity contribution < 1.29 is 28.8 Å². The minimum atomic E-state index is -0.0140. The first-order valence-electron chi connectivity index (χ1n) is 12.8. The maximum absolute atomic E-state index is 8.85. The van der Waals surface area contributed by atoms with E-state index in [1.54, 1.807) is 0 Å². The highest BCUT2D eigenvalue weighted by Crippen LogP contribution is 2.43. The van der Waals surface area contributed by atoms with Crippen LogP contribution in [0.5, 0.6) is 0 Å². The smallest absolute Gasteiger partial charge is 0.160 e. The molecule has 0 radical (unpaired) electrons. The number of hydrogen-bond donors (Lipinski definition) is 1. The molecule has 0 spiro atoms. The second kappa shape index (κ2) is 13.7. The first kappa shape index (κ1) is 25.8. The van der Waals surface area contributed by atoms with Crippen molar-refractivity contribution in [3.8, 4) is 0 Å². The van der Waals surface area contributed by atoms with E-state index in [9.17, 15) is 0 Å². The minimum absolute atomic E-state index is 0.0140. The molecular formula is C26H41BrO6. The Labute approximate surface area is 207 Å². The average molecular weight is 530 g/mol. The molecule has 0 amide bonds. The molecule has 4 aliphatic carbocycles. The van der Waals surface area contributed by atoms with Gasteiger partial charge in [0.15, 0.2) is 12.6 Å². The predicted molar refractivity (Wildman–Crippen MR) is 130 cm³/mol. The van der Waals surface area contributed by atoms with Gasteiger partial charge in [-0.05, 0) is 61.2 Å². The van der Waals surface area contributed by atoms with Crippen LogP contribution in [0.15, 0.2) is 24.3 Å². The zero-order valence-corrected chi connectivity index (χ0v) is 21.3. The fourth-order valence-electron chi connectivity index (χ4n) is 5.84. The Morgan fingerprint density at radius 3 is 1.70 bits per heavy atom. The van der Waals surface area contributed by atoms with Crippen molar-refractivity contribution in [2.45, 2.75) is 51.1 Å². The van der Waals surface area contributed by atoms with Crippen molar-refractivity contribution in [2.75, 3.05) is 51.6 Å². The number of fused-ring (bicyclic) bond motifs is 4. The van der Waals surface area contributed by atoms with Crippen LogP contribution in [-0.2, 0) is 23.7 Å². The lowest BCUT2D eigenvalue weighted by molar-refractivity contribution is -0.0642. The molecule has 2 saturated heterocycles. The highest BCUT2D eigenvalue weighted by atomic mass is 79.9. The van der Waals surface area contributed by atoms with Crippen LogP contribution in [-0.4, -0.2) is 69.3 Å². The van der Waals surface area contributed by atoms with E-state index in [2.05, 4.69) is 40.2 Å². The lowest BCUT2D eigenvalue weighted by atomic mass is 9.95. The van der Waals surface area contributed by atoms with Crippen molar-refractivity contribution in [1.29, 1.82) is 0 Å². The van der Waals surface area contributed by atoms with E-state index in [4.69, 9.17) is 28.8 Å². The third-order valence-corrected chi connectivity index (χ3v) is 8.08. The number of aliphatic hydroxyl groups is 1. The SMILES string of the molecule is BrCCC1OCCO1.C1=CC2CC1CC2COCCC1OCCO1.OCC1CC2C=CC1C2. The van der Waals surface area contributed by atoms with Crippen molar-refractivity contribution in [1.82, 2.24) is 0 Å². The van der Waals surface area contributed by atoms with E-state index in [-0.39, 0.29) is 12.6 Å². The fourth-order valence-corrected chi connectivity index (χ4v) is 6.22. The second-order valence-electron chi connectivity index (χ2n) is 9.95. The van der Waals surface area contributed by atoms with Gasteiger partial charge in [0.1, 0.15) is 0 Å². The number of hydrogen-bond acceptors (Lipinski definition) is 6. The monoisotopic (exact) mass is 528 g/mol. The highest BCUT2D eigenvalue weighted by Gasteiger charge is 2.36. The summed E-state index contributed by atoms with van der Waals surface area (Å²) < 4.78 is 26.7. The molecule has 2 heterocycles. The summed E-state index contributed by atoms with van der Waals surface area (Å²) in [5, 5.41) is 9.81. The van der Waals surface area contributed by atoms with Crippen LogP contribution in [0, 0.1) is 35.5 Å². The Bertz CT molecular complexity index is 616. The van der Waals surface area contributed by atoms with E-state index >= 15 is 0 Å². The molecule has 0 aromatic carbocycles. The average Bonchev–Trinajstić information content (AvgIpc) is 3.68. The molecule has 6 atom stereocenters. The van der Waals surface area contributed by atoms with Crippen LogP contribution in [0.4, 0.5) is 0 Å². The summed E-state index contributed by atoms with van der Waals surface area (Å²) >= 11 is 3.30. The molecule has 6 nitrogen and oxygen atoms in total. The molecule has 6 rings (SSSR count). The molecule has 0 aromatic heterocycles. The Hall–Kier alpha value is -0.280. The summed E-state index contributed by atoms with van der Waals surface area (Å²) in [5.41, 5.74) is 0. The predicted octanol–water partition coefficient (Wildman–Crippen LogP) is 4.31. The zero-order valence-electron chi connectivity index (χ0n) is 19.7. The second-order valence-corrected chi connectivity index (χ2v) is 10.7. The van der Waals surface area contributed by atoms with Gasteiger partial charge in [0.25, 0.3) is 0 Å². The first-order valence-corrected chi connectivity index (χ1v) is 13.9. The van der Waals surface area contributed by atoms with Gasteiger partial charge in [-0.2, -0.15) is 0 Å². The van der Waals surface area contributed by atoms with Gasteiger partial charge in [0, 0.05) is 31.4 Å². The van der Waals surface area contributed by atoms with Crippen LogP contribution < -0.4 is 0 Å². The van der Waals surface area contributed by atoms with Crippen LogP contribution >= 0.6 is 15.9 Å². The molecule has 4 fully saturated rings. The maximum atomic E-state index is 8.85. The Morgan fingerprint density at radius 1 is 0.727 bits per heavy atom. The number of rotatable bonds is 8. The van der Waals surface area contributed by atoms with E-state index in [0.717, 1.165) is 87.4 Å². The van der Waals surface area contributed by atoms with Gasteiger partial charge in [0.2, 0.25) is 0 Å². The van der Waals surface area contributed by atoms with E-state index in [1.165, 1.54) is 25.7 Å². The van der Waals surface area contributed by atoms with Gasteiger partial charge in [0.05, 0.1) is 33.0 Å². The fraction of sp³-hybridized carbons (Fsp3) is 0.846. The third kappa shape index (κ3) is 7.86. The van der Waals surface area contributed by atoms with Crippen molar-refractivity contribution in [3.05, 3.63) is 24.3 Å². The quantitative estimate of drug-likeness (QED) is 0.287. The summed E-state index contributed by atoms with van der Waals surface area (Å²) in [4.78, 5) is 0. The van der Waals surface area contributed by atoms with Crippen LogP contribution in [0.2, 0.25) is 0 Å². The molecule has 1 N–H and O–H groups in total. The summed E-state index contributed by atoms with van der Waals surface area (Å²) in [6.07, 6.45) is 16.5. The van der Waals surface area contributed by atoms with E-state index in [0.29, 0.717) is 12.5 Å². The minimum Gasteiger partial charge on any atom is -0.396 e. The number of alkyl halides is 1. The normalized spacial score (nSPS) is 36.3. The van der Waals surface area contributed by atoms with Crippen LogP contribution in [0.3, 0.4) is 0 Å². The van der Waals surface area contributed by atoms with Gasteiger partial charge in [-0.3, -0.25) is 0 Å². The largest absolute Gasteiger partial charge is 0.396 e. The van der Waals surface area contributed by atoms with Gasteiger partial charge in [-0.1, -0.05) is 40.2 Å². The molecule has 6 unspecified atom stereocenters. The van der Waals surface area contributed by atoms with Gasteiger partial charge < -0.3 is 28.8 Å². The van der Waals surface area contributed by atoms with Crippen molar-refractivity contribution in [2.24, 2.45) is 35.5 Å². The molecule has 2 saturated carbocycles. The van der Waals surface area contributed by atoms with Crippen LogP contribution in [0.25, 0.3) is 0 Å². The lowest BCUT2D eigenvalue weighted by Gasteiger charge is -2.18. The first-order chi connectivity index (χ1) is 16.2. The zero-order chi connectivity index (χ0) is 22.9. The van der Waals surface area contributed by atoms with E-state index < -0.39 is 0 Å². The third-order valence-electron chi connectivity index (χ3n) is 7.62. The maximum Gasteiger partial charge on any atom is 0.160 e. The van der Waals surface area contributed by atoms with Crippen molar-refractivity contribution in [3.63, 3.8) is 0 Å². The lowest BCUT2D eigenvalue weighted by Crippen LogP contribution is -2.17. The van der Waals surface area contributed by atoms with Crippen molar-refractivity contribution >= 4 is 15.9 Å². The number of allylic oxidation sites excluding steroid dienone is 4. The Morgan fingerprint density at radius 2 is 1.27 bits per heavy atom. The number of ether oxygens (including phenoxy) is 5. The summed E-state index contributed by atoms with van der Waals surface area (Å²) in [6.45, 7) is 5.07. The molecule has 6 aliphatic rings. The molecule has 0 aromatic rings. The van der Waals surface area contributed by atoms with Gasteiger partial charge in [-0.25, -0.2) is 0 Å². The summed E-state index contributed by atoms with van der Waals surface area (Å²) in [7, 11) is 0. The highest BCUT2D eigenvalue weighted by molar-refractivity contribution is 9.09. The summed E-state index contributed by atoms with van der Waals surface area (Å²) in [6, 6.07) is 0. The van der Waals surface area contributed by atoms with E-state index in [1.807, 2.05) is 0 Å². The topological polar surface area (TPSA) is 66.4 Å². The van der Waals surface area contributed by atoms with Gasteiger partial charge in [-0.15, -0.1) is 0 Å². The van der Waals surface area contributed by atoms with Crippen LogP contribution in [0.1, 0.15) is 38.5 Å². The van der Waals surface area contributed by atoms with Gasteiger partial charge >= 0.3 is 0 Å². The standard InChI is InChI=1S/C13H20O3.C8H12O.C5H9BrO2/c1-2-11-7-10(1)8-12(11)9-14-4-3-13-15-5-6-16-13;9-5-8-4-6-1-2-7(8)3-6;6-2-1-5-7-3-4-8-5/h1-2,10-13H,3-9H2;1-2,6-9H,3-5H2;5H,1-4H2. The molecule has 7 heteroatoms. The number of halogens is 1. The molecule has 188 valence electrons. The Balaban J connectivity index is 0.000000129. The molecular weight excluding hydrogens is 488 g/mol. The molecule has 2 aliphatic heterocycles. The Kier molecular flexibility index (Phi) is 10.7. The molecule has 33 heavy (non-hydrogen) atoms. The molecule has 4 bridgehead atoms. The summed E-state index contributed by atoms with van der Waals surface area (Å²) in [5.74, 6) is 4.54.